The molecule has 0 amide bonds. The van der Waals surface area contributed by atoms with Crippen LogP contribution >= 0.6 is 0 Å². The summed E-state index contributed by atoms with van der Waals surface area (Å²) in [7, 11) is 0. The van der Waals surface area contributed by atoms with Gasteiger partial charge in [-0.25, -0.2) is 9.97 Å². The molecule has 1 aliphatic carbocycles. The maximum atomic E-state index is 13.0. The first-order valence-electron chi connectivity index (χ1n) is 10.6. The summed E-state index contributed by atoms with van der Waals surface area (Å²) in [6, 6.07) is 4.81. The average molecular weight is 462 g/mol. The number of aromatic nitrogens is 7. The van der Waals surface area contributed by atoms with Crippen molar-refractivity contribution in [2.24, 2.45) is 0 Å². The minimum atomic E-state index is -4.40. The van der Waals surface area contributed by atoms with Crippen molar-refractivity contribution < 1.29 is 13.2 Å². The Balaban J connectivity index is 1.46. The van der Waals surface area contributed by atoms with E-state index in [2.05, 4.69) is 32.0 Å². The van der Waals surface area contributed by atoms with Crippen LogP contribution in [0.1, 0.15) is 30.8 Å². The van der Waals surface area contributed by atoms with E-state index in [1.165, 1.54) is 12.1 Å². The Labute approximate surface area is 191 Å². The lowest BCUT2D eigenvalue weighted by Crippen LogP contribution is -2.35. The number of benzene rings is 1. The first kappa shape index (κ1) is 20.3. The van der Waals surface area contributed by atoms with Gasteiger partial charge in [-0.05, 0) is 30.7 Å². The smallest absolute Gasteiger partial charge is 0.314 e. The highest BCUT2D eigenvalue weighted by molar-refractivity contribution is 5.68. The average Bonchev–Trinajstić information content (AvgIpc) is 3.47. The number of fused-ring (bicyclic) bond motifs is 3. The second-order valence-electron chi connectivity index (χ2n) is 7.88. The SMILES string of the molecule is CCC1c2nncn2-c2cnc(-n3ccnc3-c3ccc(C(F)(F)F)cc3)nc2N1C1=CC=C1. The number of anilines is 1. The lowest BCUT2D eigenvalue weighted by atomic mass is 10.1. The number of hydrogen-bond donors (Lipinski definition) is 0. The van der Waals surface area contributed by atoms with Crippen LogP contribution in [0.3, 0.4) is 0 Å². The summed E-state index contributed by atoms with van der Waals surface area (Å²) in [4.78, 5) is 15.9. The molecule has 3 aromatic heterocycles. The van der Waals surface area contributed by atoms with Crippen LogP contribution in [-0.2, 0) is 6.18 Å². The zero-order valence-corrected chi connectivity index (χ0v) is 17.8. The lowest BCUT2D eigenvalue weighted by Gasteiger charge is -2.38. The fourth-order valence-corrected chi connectivity index (χ4v) is 4.24. The summed E-state index contributed by atoms with van der Waals surface area (Å²) in [6.07, 6.45) is 8.95. The fraction of sp³-hybridized carbons (Fsp3) is 0.174. The van der Waals surface area contributed by atoms with Crippen LogP contribution in [0, 0.1) is 0 Å². The van der Waals surface area contributed by atoms with Crippen LogP contribution in [0.4, 0.5) is 19.0 Å². The van der Waals surface area contributed by atoms with E-state index in [9.17, 15) is 13.2 Å². The molecule has 0 fully saturated rings. The van der Waals surface area contributed by atoms with Crippen molar-refractivity contribution in [2.75, 3.05) is 4.90 Å². The number of allylic oxidation sites excluding steroid dienone is 3. The molecule has 11 heteroatoms. The van der Waals surface area contributed by atoms with E-state index in [0.29, 0.717) is 23.2 Å². The molecule has 0 saturated heterocycles. The second kappa shape index (κ2) is 7.37. The van der Waals surface area contributed by atoms with Gasteiger partial charge in [-0.15, -0.1) is 10.2 Å². The molecule has 0 bridgehead atoms. The van der Waals surface area contributed by atoms with Crippen molar-refractivity contribution in [3.05, 3.63) is 84.5 Å². The molecule has 1 unspecified atom stereocenters. The number of alkyl halides is 3. The quantitative estimate of drug-likeness (QED) is 0.439. The summed E-state index contributed by atoms with van der Waals surface area (Å²) >= 11 is 0. The molecule has 2 aliphatic rings. The fourth-order valence-electron chi connectivity index (χ4n) is 4.24. The van der Waals surface area contributed by atoms with E-state index >= 15 is 0 Å². The Kier molecular flexibility index (Phi) is 4.41. The molecular formula is C23H17F3N8. The normalized spacial score (nSPS) is 16.6. The Morgan fingerprint density at radius 3 is 2.53 bits per heavy atom. The Bertz CT molecular complexity index is 1450. The van der Waals surface area contributed by atoms with Gasteiger partial charge in [0.1, 0.15) is 17.8 Å². The summed E-state index contributed by atoms with van der Waals surface area (Å²) < 4.78 is 42.5. The van der Waals surface area contributed by atoms with Crippen LogP contribution in [-0.4, -0.2) is 34.3 Å². The summed E-state index contributed by atoms with van der Waals surface area (Å²) in [6.45, 7) is 2.07. The van der Waals surface area contributed by atoms with Gasteiger partial charge < -0.3 is 4.90 Å². The van der Waals surface area contributed by atoms with Gasteiger partial charge in [-0.1, -0.05) is 25.1 Å². The molecule has 4 heterocycles. The van der Waals surface area contributed by atoms with Gasteiger partial charge in [0.15, 0.2) is 11.6 Å². The minimum absolute atomic E-state index is 0.0638. The summed E-state index contributed by atoms with van der Waals surface area (Å²) in [5.74, 6) is 2.29. The molecule has 6 rings (SSSR count). The first-order chi connectivity index (χ1) is 16.5. The highest BCUT2D eigenvalue weighted by Gasteiger charge is 2.36. The molecule has 0 radical (unpaired) electrons. The van der Waals surface area contributed by atoms with E-state index < -0.39 is 11.7 Å². The number of imidazole rings is 1. The van der Waals surface area contributed by atoms with E-state index in [0.717, 1.165) is 35.8 Å². The maximum absolute atomic E-state index is 13.0. The Morgan fingerprint density at radius 1 is 1.06 bits per heavy atom. The van der Waals surface area contributed by atoms with Gasteiger partial charge in [-0.3, -0.25) is 9.13 Å². The van der Waals surface area contributed by atoms with Gasteiger partial charge >= 0.3 is 6.18 Å². The van der Waals surface area contributed by atoms with Crippen LogP contribution in [0.2, 0.25) is 0 Å². The molecule has 1 aromatic carbocycles. The monoisotopic (exact) mass is 462 g/mol. The first-order valence-corrected chi connectivity index (χ1v) is 10.6. The van der Waals surface area contributed by atoms with Gasteiger partial charge in [0.05, 0.1) is 17.8 Å². The number of nitrogens with zero attached hydrogens (tertiary/aromatic N) is 8. The van der Waals surface area contributed by atoms with Crippen molar-refractivity contribution in [3.8, 4) is 23.0 Å². The standard InChI is InChI=1S/C23H17F3N8/c1-2-17-21-31-29-13-33(21)18-12-28-22(30-20(18)34(17)16-4-3-5-16)32-11-10-27-19(32)14-6-8-15(9-7-14)23(24,25)26/h3-13,17H,2H2,1H3. The van der Waals surface area contributed by atoms with Gasteiger partial charge in [-0.2, -0.15) is 18.2 Å². The van der Waals surface area contributed by atoms with Crippen LogP contribution in [0.15, 0.2) is 73.1 Å². The third kappa shape index (κ3) is 3.04. The Morgan fingerprint density at radius 2 is 1.85 bits per heavy atom. The number of hydrogen-bond acceptors (Lipinski definition) is 6. The highest BCUT2D eigenvalue weighted by atomic mass is 19.4. The van der Waals surface area contributed by atoms with E-state index in [-0.39, 0.29) is 6.04 Å². The number of halogens is 3. The summed E-state index contributed by atoms with van der Waals surface area (Å²) in [5, 5.41) is 8.41. The van der Waals surface area contributed by atoms with E-state index in [1.807, 2.05) is 22.8 Å². The minimum Gasteiger partial charge on any atom is -0.314 e. The molecule has 0 saturated carbocycles. The number of rotatable bonds is 4. The molecule has 1 aliphatic heterocycles. The zero-order valence-electron chi connectivity index (χ0n) is 17.8. The molecule has 34 heavy (non-hydrogen) atoms. The van der Waals surface area contributed by atoms with Gasteiger partial charge in [0.25, 0.3) is 0 Å². The third-order valence-electron chi connectivity index (χ3n) is 5.93. The second-order valence-corrected chi connectivity index (χ2v) is 7.88. The topological polar surface area (TPSA) is 77.5 Å². The molecule has 4 aromatic rings. The lowest BCUT2D eigenvalue weighted by molar-refractivity contribution is -0.137. The van der Waals surface area contributed by atoms with Crippen LogP contribution in [0.5, 0.6) is 0 Å². The molecule has 1 atom stereocenters. The van der Waals surface area contributed by atoms with Crippen molar-refractivity contribution >= 4 is 5.82 Å². The van der Waals surface area contributed by atoms with Crippen LogP contribution in [0.25, 0.3) is 23.0 Å². The van der Waals surface area contributed by atoms with Crippen LogP contribution < -0.4 is 4.90 Å². The van der Waals surface area contributed by atoms with E-state index in [4.69, 9.17) is 4.98 Å². The maximum Gasteiger partial charge on any atom is 0.416 e. The van der Waals surface area contributed by atoms with Gasteiger partial charge in [0, 0.05) is 23.7 Å². The van der Waals surface area contributed by atoms with Crippen molar-refractivity contribution in [1.29, 1.82) is 0 Å². The zero-order chi connectivity index (χ0) is 23.4. The predicted molar refractivity (Wildman–Crippen MR) is 117 cm³/mol. The van der Waals surface area contributed by atoms with Gasteiger partial charge in [0.2, 0.25) is 5.95 Å². The molecule has 170 valence electrons. The molecular weight excluding hydrogens is 445 g/mol. The summed E-state index contributed by atoms with van der Waals surface area (Å²) in [5.41, 5.74) is 1.55. The third-order valence-corrected chi connectivity index (χ3v) is 5.93. The molecule has 0 spiro atoms. The predicted octanol–water partition coefficient (Wildman–Crippen LogP) is 4.65. The Hall–Kier alpha value is -4.28. The van der Waals surface area contributed by atoms with Crippen molar-refractivity contribution in [2.45, 2.75) is 25.6 Å². The van der Waals surface area contributed by atoms with E-state index in [1.54, 1.807) is 29.5 Å². The largest absolute Gasteiger partial charge is 0.416 e. The highest BCUT2D eigenvalue weighted by Crippen LogP contribution is 2.42. The molecule has 0 N–H and O–H groups in total. The molecule has 8 nitrogen and oxygen atoms in total. The van der Waals surface area contributed by atoms with Crippen molar-refractivity contribution in [1.82, 2.24) is 34.3 Å². The van der Waals surface area contributed by atoms with Crippen molar-refractivity contribution in [3.63, 3.8) is 0 Å².